The fourth-order valence-electron chi connectivity index (χ4n) is 1.52. The predicted octanol–water partition coefficient (Wildman–Crippen LogP) is 4.94. The lowest BCUT2D eigenvalue weighted by molar-refractivity contribution is 0.560. The van der Waals surface area contributed by atoms with Crippen LogP contribution in [0.15, 0.2) is 40.9 Å². The van der Waals surface area contributed by atoms with Gasteiger partial charge in [0.15, 0.2) is 0 Å². The molecule has 0 heterocycles. The fourth-order valence-corrected chi connectivity index (χ4v) is 2.41. The Morgan fingerprint density at radius 2 is 1.78 bits per heavy atom. The van der Waals surface area contributed by atoms with Crippen molar-refractivity contribution in [3.8, 4) is 0 Å². The SMILES string of the molecule is Fc1cccc(F)c1CNc1cc(Br)ccc1I. The van der Waals surface area contributed by atoms with Gasteiger partial charge in [0.05, 0.1) is 0 Å². The van der Waals surface area contributed by atoms with Gasteiger partial charge in [-0.1, -0.05) is 22.0 Å². The minimum Gasteiger partial charge on any atom is -0.380 e. The van der Waals surface area contributed by atoms with Crippen LogP contribution < -0.4 is 5.32 Å². The molecule has 0 unspecified atom stereocenters. The molecule has 2 rings (SSSR count). The van der Waals surface area contributed by atoms with Crippen LogP contribution in [0.1, 0.15) is 5.56 Å². The molecule has 0 aliphatic heterocycles. The summed E-state index contributed by atoms with van der Waals surface area (Å²) in [4.78, 5) is 0. The molecule has 0 saturated heterocycles. The van der Waals surface area contributed by atoms with Crippen LogP contribution >= 0.6 is 38.5 Å². The molecular weight excluding hydrogens is 415 g/mol. The van der Waals surface area contributed by atoms with E-state index in [-0.39, 0.29) is 12.1 Å². The van der Waals surface area contributed by atoms with Crippen LogP contribution in [0.2, 0.25) is 0 Å². The Hall–Kier alpha value is -0.690. The molecule has 1 N–H and O–H groups in total. The van der Waals surface area contributed by atoms with Crippen LogP contribution in [0.4, 0.5) is 14.5 Å². The highest BCUT2D eigenvalue weighted by atomic mass is 127. The number of hydrogen-bond donors (Lipinski definition) is 1. The van der Waals surface area contributed by atoms with E-state index in [1.54, 1.807) is 0 Å². The third-order valence-electron chi connectivity index (χ3n) is 2.45. The third kappa shape index (κ3) is 3.20. The van der Waals surface area contributed by atoms with Gasteiger partial charge in [-0.2, -0.15) is 0 Å². The van der Waals surface area contributed by atoms with Gasteiger partial charge < -0.3 is 5.32 Å². The summed E-state index contributed by atoms with van der Waals surface area (Å²) in [6.07, 6.45) is 0. The first kappa shape index (κ1) is 13.7. The van der Waals surface area contributed by atoms with E-state index in [0.29, 0.717) is 0 Å². The van der Waals surface area contributed by atoms with E-state index in [4.69, 9.17) is 0 Å². The molecule has 0 saturated carbocycles. The number of anilines is 1. The molecule has 0 aliphatic carbocycles. The zero-order chi connectivity index (χ0) is 13.1. The molecule has 18 heavy (non-hydrogen) atoms. The zero-order valence-corrected chi connectivity index (χ0v) is 12.9. The first-order chi connectivity index (χ1) is 8.58. The van der Waals surface area contributed by atoms with Crippen molar-refractivity contribution >= 4 is 44.2 Å². The first-order valence-corrected chi connectivity index (χ1v) is 7.07. The van der Waals surface area contributed by atoms with Crippen molar-refractivity contribution in [3.63, 3.8) is 0 Å². The third-order valence-corrected chi connectivity index (χ3v) is 3.88. The second-order valence-corrected chi connectivity index (χ2v) is 5.76. The summed E-state index contributed by atoms with van der Waals surface area (Å²) in [6, 6.07) is 9.58. The van der Waals surface area contributed by atoms with Gasteiger partial charge in [0.2, 0.25) is 0 Å². The number of nitrogens with one attached hydrogen (secondary N) is 1. The van der Waals surface area contributed by atoms with Gasteiger partial charge in [0, 0.05) is 25.8 Å². The summed E-state index contributed by atoms with van der Waals surface area (Å²) >= 11 is 5.53. The molecule has 2 aromatic rings. The normalized spacial score (nSPS) is 10.4. The van der Waals surface area contributed by atoms with Crippen molar-refractivity contribution < 1.29 is 8.78 Å². The summed E-state index contributed by atoms with van der Waals surface area (Å²) < 4.78 is 28.8. The van der Waals surface area contributed by atoms with E-state index in [2.05, 4.69) is 43.8 Å². The number of halogens is 4. The van der Waals surface area contributed by atoms with Crippen molar-refractivity contribution in [2.45, 2.75) is 6.54 Å². The van der Waals surface area contributed by atoms with Gasteiger partial charge in [0.25, 0.3) is 0 Å². The lowest BCUT2D eigenvalue weighted by Crippen LogP contribution is -2.05. The van der Waals surface area contributed by atoms with Gasteiger partial charge in [-0.3, -0.25) is 0 Å². The Labute approximate surface area is 126 Å². The topological polar surface area (TPSA) is 12.0 Å². The number of rotatable bonds is 3. The summed E-state index contributed by atoms with van der Waals surface area (Å²) in [5.41, 5.74) is 0.890. The summed E-state index contributed by atoms with van der Waals surface area (Å²) in [5.74, 6) is -1.07. The molecule has 0 atom stereocenters. The molecule has 0 amide bonds. The molecule has 0 aromatic heterocycles. The maximum Gasteiger partial charge on any atom is 0.131 e. The van der Waals surface area contributed by atoms with E-state index in [1.165, 1.54) is 18.2 Å². The second kappa shape index (κ2) is 5.97. The van der Waals surface area contributed by atoms with Crippen LogP contribution in [0.25, 0.3) is 0 Å². The smallest absolute Gasteiger partial charge is 0.131 e. The van der Waals surface area contributed by atoms with Gasteiger partial charge in [0.1, 0.15) is 11.6 Å². The zero-order valence-electron chi connectivity index (χ0n) is 9.18. The van der Waals surface area contributed by atoms with Gasteiger partial charge >= 0.3 is 0 Å². The summed E-state index contributed by atoms with van der Waals surface area (Å²) in [6.45, 7) is 0.116. The molecule has 2 aromatic carbocycles. The Morgan fingerprint density at radius 1 is 1.11 bits per heavy atom. The average molecular weight is 424 g/mol. The van der Waals surface area contributed by atoms with E-state index >= 15 is 0 Å². The van der Waals surface area contributed by atoms with Crippen LogP contribution in [0.5, 0.6) is 0 Å². The van der Waals surface area contributed by atoms with Gasteiger partial charge in [-0.25, -0.2) is 8.78 Å². The molecule has 0 radical (unpaired) electrons. The van der Waals surface area contributed by atoms with Crippen molar-refractivity contribution in [1.29, 1.82) is 0 Å². The maximum absolute atomic E-state index is 13.4. The lowest BCUT2D eigenvalue weighted by atomic mass is 10.2. The minimum atomic E-state index is -0.535. The first-order valence-electron chi connectivity index (χ1n) is 5.20. The van der Waals surface area contributed by atoms with E-state index in [1.807, 2.05) is 18.2 Å². The Balaban J connectivity index is 2.19. The highest BCUT2D eigenvalue weighted by Crippen LogP contribution is 2.24. The van der Waals surface area contributed by atoms with E-state index < -0.39 is 11.6 Å². The van der Waals surface area contributed by atoms with Crippen LogP contribution in [-0.2, 0) is 6.54 Å². The predicted molar refractivity (Wildman–Crippen MR) is 80.5 cm³/mol. The van der Waals surface area contributed by atoms with Crippen molar-refractivity contribution in [3.05, 3.63) is 61.6 Å². The molecule has 0 bridgehead atoms. The highest BCUT2D eigenvalue weighted by Gasteiger charge is 2.08. The Bertz CT molecular complexity index is 555. The van der Waals surface area contributed by atoms with Crippen molar-refractivity contribution in [1.82, 2.24) is 0 Å². The van der Waals surface area contributed by atoms with E-state index in [0.717, 1.165) is 13.7 Å². The molecule has 0 fully saturated rings. The monoisotopic (exact) mass is 423 g/mol. The summed E-state index contributed by atoms with van der Waals surface area (Å²) in [7, 11) is 0. The second-order valence-electron chi connectivity index (χ2n) is 3.68. The molecular formula is C13H9BrF2IN. The van der Waals surface area contributed by atoms with Crippen molar-refractivity contribution in [2.24, 2.45) is 0 Å². The maximum atomic E-state index is 13.4. The molecule has 0 aliphatic rings. The van der Waals surface area contributed by atoms with Crippen LogP contribution in [0, 0.1) is 15.2 Å². The van der Waals surface area contributed by atoms with E-state index in [9.17, 15) is 8.78 Å². The van der Waals surface area contributed by atoms with Gasteiger partial charge in [-0.05, 0) is 52.9 Å². The minimum absolute atomic E-state index is 0.0493. The summed E-state index contributed by atoms with van der Waals surface area (Å²) in [5, 5.41) is 3.03. The van der Waals surface area contributed by atoms with Crippen LogP contribution in [0.3, 0.4) is 0 Å². The van der Waals surface area contributed by atoms with Crippen molar-refractivity contribution in [2.75, 3.05) is 5.32 Å². The fraction of sp³-hybridized carbons (Fsp3) is 0.0769. The largest absolute Gasteiger partial charge is 0.380 e. The number of benzene rings is 2. The molecule has 1 nitrogen and oxygen atoms in total. The highest BCUT2D eigenvalue weighted by molar-refractivity contribution is 14.1. The lowest BCUT2D eigenvalue weighted by Gasteiger charge is -2.10. The Kier molecular flexibility index (Phi) is 4.55. The number of hydrogen-bond acceptors (Lipinski definition) is 1. The molecule has 5 heteroatoms. The average Bonchev–Trinajstić information content (AvgIpc) is 2.33. The molecule has 94 valence electrons. The van der Waals surface area contributed by atoms with Crippen LogP contribution in [-0.4, -0.2) is 0 Å². The standard InChI is InChI=1S/C13H9BrF2IN/c14-8-4-5-12(17)13(6-8)18-7-9-10(15)2-1-3-11(9)16/h1-6,18H,7H2. The van der Waals surface area contributed by atoms with Gasteiger partial charge in [-0.15, -0.1) is 0 Å². The Morgan fingerprint density at radius 3 is 2.44 bits per heavy atom. The quantitative estimate of drug-likeness (QED) is 0.689. The molecule has 0 spiro atoms.